The molecule has 0 saturated heterocycles. The lowest BCUT2D eigenvalue weighted by Gasteiger charge is -2.22. The van der Waals surface area contributed by atoms with E-state index >= 15 is 0 Å². The summed E-state index contributed by atoms with van der Waals surface area (Å²) in [6.45, 7) is 4.26. The van der Waals surface area contributed by atoms with E-state index in [-0.39, 0.29) is 12.5 Å². The van der Waals surface area contributed by atoms with E-state index in [1.54, 1.807) is 0 Å². The van der Waals surface area contributed by atoms with Crippen molar-refractivity contribution in [2.24, 2.45) is 0 Å². The van der Waals surface area contributed by atoms with Crippen LogP contribution in [0.15, 0.2) is 72.9 Å². The predicted molar refractivity (Wildman–Crippen MR) is 276 cm³/mol. The van der Waals surface area contributed by atoms with Crippen LogP contribution in [0.3, 0.4) is 0 Å². The lowest BCUT2D eigenvalue weighted by Crippen LogP contribution is -2.45. The summed E-state index contributed by atoms with van der Waals surface area (Å²) in [6, 6.07) is -0.539. The lowest BCUT2D eigenvalue weighted by molar-refractivity contribution is -0.123. The third kappa shape index (κ3) is 48.9. The molecule has 1 amide bonds. The van der Waals surface area contributed by atoms with Crippen LogP contribution in [0.25, 0.3) is 0 Å². The number of hydrogen-bond donors (Lipinski definition) is 3. The summed E-state index contributed by atoms with van der Waals surface area (Å²) in [7, 11) is 0. The standard InChI is InChI=1S/C58H105NO3/c1-3-5-7-9-11-13-15-17-19-21-22-23-24-25-26-27-28-29-30-31-32-33-34-35-36-38-40-42-44-46-48-50-52-54-58(62)59-56(55-60)57(61)53-51-49-47-45-43-41-39-37-20-18-16-14-12-10-8-6-4-2/h5,7,11,13,17,19,22-23,25-26,28-29,56-57,60-61H,3-4,6,8-10,12,14-16,18,20-21,24,27,30-55H2,1-2H3,(H,59,62)/b7-5-,13-11-,19-17-,23-22-,26-25-,29-28-. The summed E-state index contributed by atoms with van der Waals surface area (Å²) in [4.78, 5) is 12.5. The normalized spacial score (nSPS) is 13.4. The molecule has 4 heteroatoms. The molecule has 360 valence electrons. The molecular formula is C58H105NO3. The van der Waals surface area contributed by atoms with E-state index in [1.165, 1.54) is 180 Å². The molecule has 0 aliphatic heterocycles. The first-order valence-corrected chi connectivity index (χ1v) is 27.1. The number of nitrogens with one attached hydrogen (secondary N) is 1. The second-order valence-electron chi connectivity index (χ2n) is 18.3. The summed E-state index contributed by atoms with van der Waals surface area (Å²) in [5, 5.41) is 23.3. The largest absolute Gasteiger partial charge is 0.394 e. The van der Waals surface area contributed by atoms with Crippen molar-refractivity contribution in [1.82, 2.24) is 5.32 Å². The number of allylic oxidation sites excluding steroid dienone is 12. The second kappa shape index (κ2) is 53.2. The fraction of sp³-hybridized carbons (Fsp3) is 0.776. The van der Waals surface area contributed by atoms with Gasteiger partial charge < -0.3 is 15.5 Å². The molecule has 2 unspecified atom stereocenters. The summed E-state index contributed by atoms with van der Waals surface area (Å²) in [5.41, 5.74) is 0. The smallest absolute Gasteiger partial charge is 0.220 e. The number of unbranched alkanes of at least 4 members (excludes halogenated alkanes) is 30. The molecule has 0 fully saturated rings. The zero-order valence-electron chi connectivity index (χ0n) is 41.4. The van der Waals surface area contributed by atoms with Gasteiger partial charge in [0.05, 0.1) is 18.8 Å². The van der Waals surface area contributed by atoms with Crippen LogP contribution in [0.5, 0.6) is 0 Å². The molecule has 0 saturated carbocycles. The van der Waals surface area contributed by atoms with Gasteiger partial charge in [-0.05, 0) is 64.2 Å². The van der Waals surface area contributed by atoms with Crippen molar-refractivity contribution in [1.29, 1.82) is 0 Å². The van der Waals surface area contributed by atoms with Crippen LogP contribution < -0.4 is 5.32 Å². The van der Waals surface area contributed by atoms with Crippen LogP contribution in [-0.4, -0.2) is 34.9 Å². The molecule has 0 aliphatic rings. The van der Waals surface area contributed by atoms with Gasteiger partial charge in [0.25, 0.3) is 0 Å². The minimum absolute atomic E-state index is 0.0320. The average Bonchev–Trinajstić information content (AvgIpc) is 3.28. The van der Waals surface area contributed by atoms with Gasteiger partial charge in [0.2, 0.25) is 5.91 Å². The highest BCUT2D eigenvalue weighted by Crippen LogP contribution is 2.17. The maximum absolute atomic E-state index is 12.5. The van der Waals surface area contributed by atoms with Gasteiger partial charge in [-0.15, -0.1) is 0 Å². The molecule has 0 radical (unpaired) electrons. The molecule has 2 atom stereocenters. The maximum atomic E-state index is 12.5. The van der Waals surface area contributed by atoms with Crippen LogP contribution in [0, 0.1) is 0 Å². The monoisotopic (exact) mass is 864 g/mol. The molecule has 4 nitrogen and oxygen atoms in total. The molecule has 0 aromatic heterocycles. The van der Waals surface area contributed by atoms with Crippen molar-refractivity contribution in [3.63, 3.8) is 0 Å². The Morgan fingerprint density at radius 2 is 0.710 bits per heavy atom. The van der Waals surface area contributed by atoms with Crippen molar-refractivity contribution in [3.8, 4) is 0 Å². The zero-order chi connectivity index (χ0) is 44.9. The topological polar surface area (TPSA) is 69.6 Å². The molecular weight excluding hydrogens is 759 g/mol. The Kier molecular flexibility index (Phi) is 51.3. The SMILES string of the molecule is CC/C=C\C/C=C\C/C=C\C/C=C\C/C=C\C/C=C\CCCCCCCCCCCCCCCCC(=O)NC(CO)C(O)CCCCCCCCCCCCCCCCCCC. The zero-order valence-corrected chi connectivity index (χ0v) is 41.4. The van der Waals surface area contributed by atoms with Crippen molar-refractivity contribution >= 4 is 5.91 Å². The number of carbonyl (C=O) groups is 1. The third-order valence-electron chi connectivity index (χ3n) is 12.2. The van der Waals surface area contributed by atoms with E-state index in [1.807, 2.05) is 0 Å². The van der Waals surface area contributed by atoms with Gasteiger partial charge in [-0.25, -0.2) is 0 Å². The van der Waals surface area contributed by atoms with Crippen molar-refractivity contribution in [2.45, 2.75) is 283 Å². The number of carbonyl (C=O) groups excluding carboxylic acids is 1. The van der Waals surface area contributed by atoms with Gasteiger partial charge in [0.15, 0.2) is 0 Å². The molecule has 0 spiro atoms. The molecule has 3 N–H and O–H groups in total. The van der Waals surface area contributed by atoms with Crippen LogP contribution >= 0.6 is 0 Å². The van der Waals surface area contributed by atoms with Gasteiger partial charge in [-0.1, -0.05) is 273 Å². The fourth-order valence-electron chi connectivity index (χ4n) is 8.13. The number of amides is 1. The number of rotatable bonds is 49. The maximum Gasteiger partial charge on any atom is 0.220 e. The first-order valence-electron chi connectivity index (χ1n) is 27.1. The molecule has 0 aromatic carbocycles. The van der Waals surface area contributed by atoms with Crippen LogP contribution in [0.2, 0.25) is 0 Å². The first-order chi connectivity index (χ1) is 30.7. The summed E-state index contributed by atoms with van der Waals surface area (Å²) < 4.78 is 0. The highest BCUT2D eigenvalue weighted by Gasteiger charge is 2.20. The number of aliphatic hydroxyl groups is 2. The highest BCUT2D eigenvalue weighted by atomic mass is 16.3. The van der Waals surface area contributed by atoms with E-state index in [9.17, 15) is 15.0 Å². The molecule has 0 bridgehead atoms. The Balaban J connectivity index is 3.49. The Morgan fingerprint density at radius 3 is 1.06 bits per heavy atom. The van der Waals surface area contributed by atoms with E-state index in [0.29, 0.717) is 12.8 Å². The van der Waals surface area contributed by atoms with Crippen LogP contribution in [-0.2, 0) is 4.79 Å². The molecule has 62 heavy (non-hydrogen) atoms. The van der Waals surface area contributed by atoms with E-state index in [2.05, 4.69) is 92.1 Å². The number of hydrogen-bond acceptors (Lipinski definition) is 3. The quantitative estimate of drug-likeness (QED) is 0.0421. The van der Waals surface area contributed by atoms with E-state index < -0.39 is 12.1 Å². The van der Waals surface area contributed by atoms with Crippen LogP contribution in [0.1, 0.15) is 271 Å². The first kappa shape index (κ1) is 59.8. The molecule has 0 rings (SSSR count). The minimum Gasteiger partial charge on any atom is -0.394 e. The Labute approximate surface area is 387 Å². The van der Waals surface area contributed by atoms with Crippen LogP contribution in [0.4, 0.5) is 0 Å². The van der Waals surface area contributed by atoms with Gasteiger partial charge in [0, 0.05) is 6.42 Å². The van der Waals surface area contributed by atoms with Crippen molar-refractivity contribution in [2.75, 3.05) is 6.61 Å². The van der Waals surface area contributed by atoms with Crippen molar-refractivity contribution in [3.05, 3.63) is 72.9 Å². The van der Waals surface area contributed by atoms with E-state index in [0.717, 1.165) is 64.2 Å². The Bertz CT molecular complexity index is 1070. The second-order valence-corrected chi connectivity index (χ2v) is 18.3. The predicted octanol–water partition coefficient (Wildman–Crippen LogP) is 17.8. The van der Waals surface area contributed by atoms with Gasteiger partial charge >= 0.3 is 0 Å². The Morgan fingerprint density at radius 1 is 0.403 bits per heavy atom. The average molecular weight is 864 g/mol. The van der Waals surface area contributed by atoms with Gasteiger partial charge in [-0.2, -0.15) is 0 Å². The molecule has 0 aromatic rings. The molecule has 0 heterocycles. The minimum atomic E-state index is -0.662. The summed E-state index contributed by atoms with van der Waals surface area (Å²) in [6.07, 6.45) is 75.9. The van der Waals surface area contributed by atoms with Gasteiger partial charge in [-0.3, -0.25) is 4.79 Å². The summed E-state index contributed by atoms with van der Waals surface area (Å²) >= 11 is 0. The van der Waals surface area contributed by atoms with E-state index in [4.69, 9.17) is 0 Å². The lowest BCUT2D eigenvalue weighted by atomic mass is 10.0. The molecule has 0 aliphatic carbocycles. The fourth-order valence-corrected chi connectivity index (χ4v) is 8.13. The third-order valence-corrected chi connectivity index (χ3v) is 12.2. The Hall–Kier alpha value is -2.17. The highest BCUT2D eigenvalue weighted by molar-refractivity contribution is 5.76. The van der Waals surface area contributed by atoms with Crippen molar-refractivity contribution < 1.29 is 15.0 Å². The van der Waals surface area contributed by atoms with Gasteiger partial charge in [0.1, 0.15) is 0 Å². The number of aliphatic hydroxyl groups excluding tert-OH is 2. The summed E-state index contributed by atoms with van der Waals surface area (Å²) in [5.74, 6) is -0.0320.